The van der Waals surface area contributed by atoms with Gasteiger partial charge in [0.2, 0.25) is 5.91 Å². The maximum atomic E-state index is 13.1. The lowest BCUT2D eigenvalue weighted by molar-refractivity contribution is -0.117. The number of nitrogens with zero attached hydrogens (tertiary/aromatic N) is 1. The van der Waals surface area contributed by atoms with E-state index in [-0.39, 0.29) is 10.6 Å². The summed E-state index contributed by atoms with van der Waals surface area (Å²) in [6, 6.07) is 16.4. The van der Waals surface area contributed by atoms with E-state index in [1.54, 1.807) is 12.1 Å². The highest BCUT2D eigenvalue weighted by Gasteiger charge is 2.67. The molecule has 5 nitrogen and oxygen atoms in total. The summed E-state index contributed by atoms with van der Waals surface area (Å²) < 4.78 is 11.7. The lowest BCUT2D eigenvalue weighted by Gasteiger charge is -2.10. The number of hydrogen-bond acceptors (Lipinski definition) is 3. The van der Waals surface area contributed by atoms with Gasteiger partial charge in [0.15, 0.2) is 0 Å². The topological polar surface area (TPSA) is 82.0 Å². The van der Waals surface area contributed by atoms with Crippen LogP contribution in [0.15, 0.2) is 60.7 Å². The van der Waals surface area contributed by atoms with Gasteiger partial charge in [0.05, 0.1) is 28.1 Å². The Morgan fingerprint density at radius 2 is 1.62 bits per heavy atom. The van der Waals surface area contributed by atoms with Crippen LogP contribution in [-0.2, 0) is 4.79 Å². The molecule has 0 unspecified atom stereocenters. The minimum Gasteiger partial charge on any atom is -0.326 e. The summed E-state index contributed by atoms with van der Waals surface area (Å²) in [5.41, 5.74) is 1.69. The van der Waals surface area contributed by atoms with Crippen LogP contribution in [0.5, 0.6) is 0 Å². The van der Waals surface area contributed by atoms with Crippen molar-refractivity contribution < 1.29 is 14.0 Å². The van der Waals surface area contributed by atoms with E-state index >= 15 is 0 Å². The Kier molecular flexibility index (Phi) is 6.75. The van der Waals surface area contributed by atoms with Crippen LogP contribution in [0.1, 0.15) is 27.4 Å². The molecule has 0 radical (unpaired) electrons. The van der Waals surface area contributed by atoms with Gasteiger partial charge in [0.1, 0.15) is 10.2 Å². The largest absolute Gasteiger partial charge is 0.326 e. The van der Waals surface area contributed by atoms with Gasteiger partial charge < -0.3 is 10.6 Å². The molecule has 0 aliphatic heterocycles. The lowest BCUT2D eigenvalue weighted by Crippen LogP contribution is -2.18. The van der Waals surface area contributed by atoms with Gasteiger partial charge in [-0.15, -0.1) is 23.2 Å². The molecule has 0 heterocycles. The van der Waals surface area contributed by atoms with Crippen LogP contribution in [0.3, 0.4) is 0 Å². The molecule has 0 saturated heterocycles. The monoisotopic (exact) mass is 535 g/mol. The molecule has 2 atom stereocenters. The molecular formula is C24H14Cl4FN3O2. The molecule has 172 valence electrons. The predicted octanol–water partition coefficient (Wildman–Crippen LogP) is 6.78. The van der Waals surface area contributed by atoms with Crippen LogP contribution in [0.25, 0.3) is 0 Å². The summed E-state index contributed by atoms with van der Waals surface area (Å²) in [5.74, 6) is -2.83. The fraction of sp³-hybridized carbons (Fsp3) is 0.125. The van der Waals surface area contributed by atoms with Crippen molar-refractivity contribution in [2.24, 2.45) is 5.92 Å². The van der Waals surface area contributed by atoms with Crippen molar-refractivity contribution in [3.63, 3.8) is 0 Å². The molecule has 34 heavy (non-hydrogen) atoms. The van der Waals surface area contributed by atoms with Gasteiger partial charge in [-0.3, -0.25) is 9.59 Å². The van der Waals surface area contributed by atoms with Crippen LogP contribution in [-0.4, -0.2) is 16.1 Å². The summed E-state index contributed by atoms with van der Waals surface area (Å²) in [6.45, 7) is 0. The Morgan fingerprint density at radius 1 is 0.941 bits per heavy atom. The van der Waals surface area contributed by atoms with E-state index in [1.165, 1.54) is 48.5 Å². The molecule has 1 aliphatic rings. The van der Waals surface area contributed by atoms with Crippen LogP contribution in [0, 0.1) is 23.1 Å². The quantitative estimate of drug-likeness (QED) is 0.352. The summed E-state index contributed by atoms with van der Waals surface area (Å²) in [5, 5.41) is 15.0. The van der Waals surface area contributed by atoms with Gasteiger partial charge in [-0.1, -0.05) is 23.2 Å². The zero-order chi connectivity index (χ0) is 24.6. The number of nitriles is 1. The first-order valence-electron chi connectivity index (χ1n) is 9.86. The van der Waals surface area contributed by atoms with E-state index < -0.39 is 33.8 Å². The van der Waals surface area contributed by atoms with Crippen molar-refractivity contribution in [1.82, 2.24) is 0 Å². The summed E-state index contributed by atoms with van der Waals surface area (Å²) in [4.78, 5) is 25.6. The minimum absolute atomic E-state index is 0.104. The standard InChI is InChI=1S/C24H14Cl4FN3O2/c25-14-8-12(11-30)7-13(9-14)20-21(24(20,27)28)23(34)32-17-5-6-19(26)18(10-17)22(33)31-16-3-1-15(29)2-4-16/h1-10,20-21H,(H,31,33)(H,32,34)/t20-,21+/m1/s1. The van der Waals surface area contributed by atoms with Crippen LogP contribution < -0.4 is 10.6 Å². The summed E-state index contributed by atoms with van der Waals surface area (Å²) in [7, 11) is 0. The van der Waals surface area contributed by atoms with Crippen molar-refractivity contribution in [3.8, 4) is 6.07 Å². The first kappa shape index (κ1) is 24.3. The second kappa shape index (κ2) is 9.44. The number of halogens is 5. The number of hydrogen-bond donors (Lipinski definition) is 2. The number of benzene rings is 3. The molecule has 1 saturated carbocycles. The number of anilines is 2. The molecular weight excluding hydrogens is 523 g/mol. The molecule has 3 aromatic rings. The number of carbonyl (C=O) groups is 2. The van der Waals surface area contributed by atoms with Crippen molar-refractivity contribution in [1.29, 1.82) is 5.26 Å². The SMILES string of the molecule is N#Cc1cc(Cl)cc([C@@H]2[C@@H](C(=O)Nc3ccc(Cl)c(C(=O)Nc4ccc(F)cc4)c3)C2(Cl)Cl)c1. The van der Waals surface area contributed by atoms with Crippen molar-refractivity contribution in [2.45, 2.75) is 10.3 Å². The second-order valence-electron chi connectivity index (χ2n) is 7.66. The number of alkyl halides is 2. The Labute approximate surface area is 214 Å². The third-order valence-corrected chi connectivity index (χ3v) is 6.81. The van der Waals surface area contributed by atoms with Gasteiger partial charge in [-0.2, -0.15) is 5.26 Å². The normalized spacial score (nSPS) is 18.0. The van der Waals surface area contributed by atoms with Crippen molar-refractivity contribution in [3.05, 3.63) is 93.2 Å². The minimum atomic E-state index is -1.39. The average Bonchev–Trinajstić information content (AvgIpc) is 3.38. The Bertz CT molecular complexity index is 1340. The lowest BCUT2D eigenvalue weighted by atomic mass is 10.1. The van der Waals surface area contributed by atoms with E-state index in [0.717, 1.165) is 0 Å². The fourth-order valence-corrected chi connectivity index (χ4v) is 4.93. The van der Waals surface area contributed by atoms with E-state index in [9.17, 15) is 19.2 Å². The molecule has 3 aromatic carbocycles. The van der Waals surface area contributed by atoms with Crippen LogP contribution in [0.2, 0.25) is 10.0 Å². The van der Waals surface area contributed by atoms with Crippen molar-refractivity contribution >= 4 is 69.6 Å². The van der Waals surface area contributed by atoms with Gasteiger partial charge in [-0.05, 0) is 66.2 Å². The molecule has 2 amide bonds. The van der Waals surface area contributed by atoms with Gasteiger partial charge in [0.25, 0.3) is 5.91 Å². The molecule has 0 bridgehead atoms. The molecule has 1 aliphatic carbocycles. The third kappa shape index (κ3) is 4.98. The zero-order valence-electron chi connectivity index (χ0n) is 17.1. The van der Waals surface area contributed by atoms with Gasteiger partial charge >= 0.3 is 0 Å². The maximum Gasteiger partial charge on any atom is 0.257 e. The number of rotatable bonds is 5. The predicted molar refractivity (Wildman–Crippen MR) is 131 cm³/mol. The van der Waals surface area contributed by atoms with E-state index in [2.05, 4.69) is 10.6 Å². The smallest absolute Gasteiger partial charge is 0.257 e. The molecule has 1 fully saturated rings. The highest BCUT2D eigenvalue weighted by molar-refractivity contribution is 6.53. The molecule has 4 rings (SSSR count). The van der Waals surface area contributed by atoms with Crippen LogP contribution >= 0.6 is 46.4 Å². The first-order valence-corrected chi connectivity index (χ1v) is 11.4. The van der Waals surface area contributed by atoms with E-state index in [4.69, 9.17) is 46.4 Å². The van der Waals surface area contributed by atoms with Crippen molar-refractivity contribution in [2.75, 3.05) is 10.6 Å². The van der Waals surface area contributed by atoms with Crippen LogP contribution in [0.4, 0.5) is 15.8 Å². The van der Waals surface area contributed by atoms with Gasteiger partial charge in [0, 0.05) is 22.3 Å². The second-order valence-corrected chi connectivity index (χ2v) is 9.95. The number of carbonyl (C=O) groups excluding carboxylic acids is 2. The average molecular weight is 537 g/mol. The Balaban J connectivity index is 1.51. The van der Waals surface area contributed by atoms with Gasteiger partial charge in [-0.25, -0.2) is 4.39 Å². The number of nitrogens with one attached hydrogen (secondary N) is 2. The highest BCUT2D eigenvalue weighted by atomic mass is 35.5. The maximum absolute atomic E-state index is 13.1. The third-order valence-electron chi connectivity index (χ3n) is 5.32. The molecule has 0 spiro atoms. The summed E-state index contributed by atoms with van der Waals surface area (Å²) in [6.07, 6.45) is 0. The number of amides is 2. The Morgan fingerprint density at radius 3 is 2.29 bits per heavy atom. The summed E-state index contributed by atoms with van der Waals surface area (Å²) >= 11 is 25.0. The Hall–Kier alpha value is -2.82. The van der Waals surface area contributed by atoms with E-state index in [1.807, 2.05) is 6.07 Å². The van der Waals surface area contributed by atoms with E-state index in [0.29, 0.717) is 27.5 Å². The fourth-order valence-electron chi connectivity index (χ4n) is 3.65. The first-order chi connectivity index (χ1) is 16.1. The molecule has 0 aromatic heterocycles. The molecule has 10 heteroatoms. The zero-order valence-corrected chi connectivity index (χ0v) is 20.1. The highest BCUT2D eigenvalue weighted by Crippen LogP contribution is 2.65. The molecule has 2 N–H and O–H groups in total.